The summed E-state index contributed by atoms with van der Waals surface area (Å²) in [7, 11) is 3.93. The molecule has 0 aromatic heterocycles. The second-order valence-corrected chi connectivity index (χ2v) is 10.3. The molecule has 5 heteroatoms. The first-order valence-corrected chi connectivity index (χ1v) is 13.2. The molecule has 5 rings (SSSR count). The van der Waals surface area contributed by atoms with Gasteiger partial charge in [0.25, 0.3) is 0 Å². The summed E-state index contributed by atoms with van der Waals surface area (Å²) < 4.78 is 5.98. The molecule has 0 bridgehead atoms. The van der Waals surface area contributed by atoms with Gasteiger partial charge in [0.15, 0.2) is 0 Å². The van der Waals surface area contributed by atoms with Crippen LogP contribution in [0.4, 0.5) is 5.69 Å². The molecule has 2 aromatic carbocycles. The van der Waals surface area contributed by atoms with Crippen molar-refractivity contribution >= 4 is 11.4 Å². The van der Waals surface area contributed by atoms with E-state index in [2.05, 4.69) is 70.8 Å². The molecule has 0 radical (unpaired) electrons. The van der Waals surface area contributed by atoms with Crippen LogP contribution in [-0.2, 0) is 6.54 Å². The maximum absolute atomic E-state index is 5.98. The van der Waals surface area contributed by atoms with E-state index in [1.165, 1.54) is 61.1 Å². The maximum Gasteiger partial charge on any atom is 0.124 e. The number of methoxy groups -OCH3 is 1. The SMILES string of the molecule is COc1cc(N2CCC(NCc3ccccc3)CC2)ccc1C1CCCCC1C1=NN(C)CC1. The molecular formula is C29H40N4O. The summed E-state index contributed by atoms with van der Waals surface area (Å²) >= 11 is 0. The van der Waals surface area contributed by atoms with Crippen LogP contribution in [0, 0.1) is 5.92 Å². The highest BCUT2D eigenvalue weighted by Crippen LogP contribution is 2.44. The van der Waals surface area contributed by atoms with Gasteiger partial charge in [0, 0.05) is 69.1 Å². The largest absolute Gasteiger partial charge is 0.496 e. The number of nitrogens with one attached hydrogen (secondary N) is 1. The lowest BCUT2D eigenvalue weighted by atomic mass is 9.72. The minimum atomic E-state index is 0.524. The van der Waals surface area contributed by atoms with Gasteiger partial charge < -0.3 is 15.0 Å². The van der Waals surface area contributed by atoms with Crippen molar-refractivity contribution < 1.29 is 4.74 Å². The number of hydrogen-bond donors (Lipinski definition) is 1. The van der Waals surface area contributed by atoms with E-state index in [-0.39, 0.29) is 0 Å². The Labute approximate surface area is 205 Å². The number of hydrazone groups is 1. The molecule has 2 fully saturated rings. The second kappa shape index (κ2) is 10.8. The Morgan fingerprint density at radius 3 is 2.41 bits per heavy atom. The Morgan fingerprint density at radius 2 is 1.71 bits per heavy atom. The van der Waals surface area contributed by atoms with Crippen LogP contribution in [0.25, 0.3) is 0 Å². The third-order valence-corrected chi connectivity index (χ3v) is 8.10. The Hall–Kier alpha value is -2.53. The number of rotatable bonds is 7. The summed E-state index contributed by atoms with van der Waals surface area (Å²) in [5.74, 6) is 2.14. The van der Waals surface area contributed by atoms with Crippen molar-refractivity contribution in [3.8, 4) is 5.75 Å². The van der Waals surface area contributed by atoms with Gasteiger partial charge in [-0.3, -0.25) is 5.01 Å². The fourth-order valence-electron chi connectivity index (χ4n) is 6.16. The van der Waals surface area contributed by atoms with E-state index in [1.807, 2.05) is 7.11 Å². The second-order valence-electron chi connectivity index (χ2n) is 10.3. The standard InChI is InChI=1S/C29H40N4O/c1-32-17-16-28(31-32)26-11-7-6-10-25(26)27-13-12-24(20-29(27)34-2)33-18-14-23(15-19-33)30-21-22-8-4-3-5-9-22/h3-5,8-9,12-13,20,23,25-26,30H,6-7,10-11,14-19,21H2,1-2H3. The molecular weight excluding hydrogens is 420 g/mol. The number of hydrogen-bond acceptors (Lipinski definition) is 5. The van der Waals surface area contributed by atoms with Crippen LogP contribution in [0.15, 0.2) is 53.6 Å². The molecule has 1 saturated heterocycles. The van der Waals surface area contributed by atoms with Crippen molar-refractivity contribution in [3.05, 3.63) is 59.7 Å². The highest BCUT2D eigenvalue weighted by atomic mass is 16.5. The van der Waals surface area contributed by atoms with Gasteiger partial charge in [-0.05, 0) is 48.8 Å². The Kier molecular flexibility index (Phi) is 7.39. The highest BCUT2D eigenvalue weighted by molar-refractivity contribution is 5.89. The lowest BCUT2D eigenvalue weighted by Gasteiger charge is -2.36. The van der Waals surface area contributed by atoms with E-state index in [9.17, 15) is 0 Å². The fraction of sp³-hybridized carbons (Fsp3) is 0.552. The molecule has 1 saturated carbocycles. The Bertz CT molecular complexity index is 967. The molecule has 34 heavy (non-hydrogen) atoms. The molecule has 182 valence electrons. The van der Waals surface area contributed by atoms with Crippen LogP contribution in [0.1, 0.15) is 62.0 Å². The predicted molar refractivity (Wildman–Crippen MR) is 141 cm³/mol. The molecule has 2 aromatic rings. The molecule has 2 heterocycles. The lowest BCUT2D eigenvalue weighted by Crippen LogP contribution is -2.42. The van der Waals surface area contributed by atoms with E-state index in [0.29, 0.717) is 17.9 Å². The lowest BCUT2D eigenvalue weighted by molar-refractivity contribution is 0.354. The number of piperidine rings is 1. The number of anilines is 1. The van der Waals surface area contributed by atoms with Crippen LogP contribution < -0.4 is 15.0 Å². The van der Waals surface area contributed by atoms with Crippen molar-refractivity contribution in [1.29, 1.82) is 0 Å². The predicted octanol–water partition coefficient (Wildman–Crippen LogP) is 5.42. The first-order chi connectivity index (χ1) is 16.7. The smallest absolute Gasteiger partial charge is 0.124 e. The average molecular weight is 461 g/mol. The molecule has 0 amide bonds. The fourth-order valence-corrected chi connectivity index (χ4v) is 6.16. The normalized spacial score (nSPS) is 23.8. The van der Waals surface area contributed by atoms with Gasteiger partial charge in [-0.2, -0.15) is 5.10 Å². The number of nitrogens with zero attached hydrogens (tertiary/aromatic N) is 3. The summed E-state index contributed by atoms with van der Waals surface area (Å²) in [5, 5.41) is 10.7. The van der Waals surface area contributed by atoms with Crippen molar-refractivity contribution in [3.63, 3.8) is 0 Å². The summed E-state index contributed by atoms with van der Waals surface area (Å²) in [5.41, 5.74) is 5.45. The zero-order valence-electron chi connectivity index (χ0n) is 20.9. The summed E-state index contributed by atoms with van der Waals surface area (Å²) in [6, 6.07) is 18.3. The van der Waals surface area contributed by atoms with Crippen molar-refractivity contribution in [2.24, 2.45) is 11.0 Å². The van der Waals surface area contributed by atoms with Crippen LogP contribution in [-0.4, -0.2) is 50.6 Å². The maximum atomic E-state index is 5.98. The van der Waals surface area contributed by atoms with E-state index in [4.69, 9.17) is 9.84 Å². The van der Waals surface area contributed by atoms with Gasteiger partial charge in [0.2, 0.25) is 0 Å². The molecule has 2 atom stereocenters. The third-order valence-electron chi connectivity index (χ3n) is 8.10. The summed E-state index contributed by atoms with van der Waals surface area (Å²) in [6.07, 6.45) is 8.58. The van der Waals surface area contributed by atoms with E-state index < -0.39 is 0 Å². The van der Waals surface area contributed by atoms with Gasteiger partial charge in [0.05, 0.1) is 7.11 Å². The highest BCUT2D eigenvalue weighted by Gasteiger charge is 2.34. The van der Waals surface area contributed by atoms with E-state index in [1.54, 1.807) is 0 Å². The first-order valence-electron chi connectivity index (χ1n) is 13.2. The zero-order valence-corrected chi connectivity index (χ0v) is 20.9. The molecule has 2 unspecified atom stereocenters. The molecule has 5 nitrogen and oxygen atoms in total. The molecule has 2 aliphatic heterocycles. The van der Waals surface area contributed by atoms with Gasteiger partial charge in [0.1, 0.15) is 5.75 Å². The molecule has 1 aliphatic carbocycles. The average Bonchev–Trinajstić information content (AvgIpc) is 3.34. The number of benzene rings is 2. The summed E-state index contributed by atoms with van der Waals surface area (Å²) in [4.78, 5) is 2.53. The minimum absolute atomic E-state index is 0.524. The third kappa shape index (κ3) is 5.25. The first kappa shape index (κ1) is 23.2. The van der Waals surface area contributed by atoms with Crippen molar-refractivity contribution in [2.75, 3.05) is 38.7 Å². The summed E-state index contributed by atoms with van der Waals surface area (Å²) in [6.45, 7) is 4.19. The molecule has 0 spiro atoms. The molecule has 1 N–H and O–H groups in total. The van der Waals surface area contributed by atoms with Crippen LogP contribution in [0.2, 0.25) is 0 Å². The molecule has 3 aliphatic rings. The van der Waals surface area contributed by atoms with Crippen LogP contribution in [0.5, 0.6) is 5.75 Å². The van der Waals surface area contributed by atoms with Crippen molar-refractivity contribution in [1.82, 2.24) is 10.3 Å². The van der Waals surface area contributed by atoms with Gasteiger partial charge in [-0.25, -0.2) is 0 Å². The van der Waals surface area contributed by atoms with Gasteiger partial charge >= 0.3 is 0 Å². The van der Waals surface area contributed by atoms with Crippen LogP contribution >= 0.6 is 0 Å². The zero-order chi connectivity index (χ0) is 23.3. The van der Waals surface area contributed by atoms with Crippen molar-refractivity contribution in [2.45, 2.75) is 63.5 Å². The topological polar surface area (TPSA) is 40.1 Å². The van der Waals surface area contributed by atoms with Crippen LogP contribution in [0.3, 0.4) is 0 Å². The Morgan fingerprint density at radius 1 is 0.941 bits per heavy atom. The Balaban J connectivity index is 1.24. The minimum Gasteiger partial charge on any atom is -0.496 e. The van der Waals surface area contributed by atoms with Gasteiger partial charge in [-0.15, -0.1) is 0 Å². The monoisotopic (exact) mass is 460 g/mol. The number of ether oxygens (including phenoxy) is 1. The van der Waals surface area contributed by atoms with E-state index in [0.717, 1.165) is 38.3 Å². The van der Waals surface area contributed by atoms with E-state index >= 15 is 0 Å². The van der Waals surface area contributed by atoms with Gasteiger partial charge in [-0.1, -0.05) is 49.2 Å². The quantitative estimate of drug-likeness (QED) is 0.599.